The van der Waals surface area contributed by atoms with Crippen LogP contribution in [0.4, 0.5) is 0 Å². The maximum atomic E-state index is 2.36. The van der Waals surface area contributed by atoms with Gasteiger partial charge in [0, 0.05) is 0 Å². The van der Waals surface area contributed by atoms with E-state index < -0.39 is 0 Å². The summed E-state index contributed by atoms with van der Waals surface area (Å²) in [6.45, 7) is 13.7. The molecule has 0 bridgehead atoms. The van der Waals surface area contributed by atoms with E-state index in [0.717, 1.165) is 0 Å². The van der Waals surface area contributed by atoms with Gasteiger partial charge in [-0.3, -0.25) is 0 Å². The Labute approximate surface area is 136 Å². The first-order valence-corrected chi connectivity index (χ1v) is 8.89. The summed E-state index contributed by atoms with van der Waals surface area (Å²) >= 11 is 0. The minimum absolute atomic E-state index is 0.531. The Kier molecular flexibility index (Phi) is 6.41. The zero-order valence-electron chi connectivity index (χ0n) is 14.6. The van der Waals surface area contributed by atoms with Crippen LogP contribution in [-0.2, 0) is 0 Å². The number of hydrogen-bond acceptors (Lipinski definition) is 0. The summed E-state index contributed by atoms with van der Waals surface area (Å²) < 4.78 is 0. The third-order valence-electron chi connectivity index (χ3n) is 5.03. The molecule has 0 aromatic heterocycles. The van der Waals surface area contributed by atoms with Crippen LogP contribution in [0.15, 0.2) is 59.8 Å². The molecule has 22 heavy (non-hydrogen) atoms. The van der Waals surface area contributed by atoms with Crippen LogP contribution < -0.4 is 9.80 Å². The van der Waals surface area contributed by atoms with E-state index in [1.807, 2.05) is 0 Å². The van der Waals surface area contributed by atoms with Crippen molar-refractivity contribution in [2.45, 2.75) is 39.8 Å². The molecular formula is C20H32N2+2. The van der Waals surface area contributed by atoms with E-state index in [4.69, 9.17) is 0 Å². The molecule has 2 nitrogen and oxygen atoms in total. The second-order valence-electron chi connectivity index (χ2n) is 6.13. The van der Waals surface area contributed by atoms with Crippen LogP contribution in [0.3, 0.4) is 0 Å². The predicted octanol–water partition coefficient (Wildman–Crippen LogP) is 1.12. The number of quaternary nitrogens is 2. The molecule has 0 fully saturated rings. The van der Waals surface area contributed by atoms with E-state index in [0.29, 0.717) is 12.1 Å². The van der Waals surface area contributed by atoms with E-state index in [2.05, 4.69) is 76.3 Å². The lowest BCUT2D eigenvalue weighted by atomic mass is 9.96. The Hall–Kier alpha value is -1.38. The van der Waals surface area contributed by atoms with Crippen molar-refractivity contribution in [3.8, 4) is 0 Å². The smallest absolute Gasteiger partial charge is 0.125 e. The molecule has 0 aromatic rings. The highest BCUT2D eigenvalue weighted by Gasteiger charge is 2.18. The van der Waals surface area contributed by atoms with Crippen LogP contribution >= 0.6 is 0 Å². The summed E-state index contributed by atoms with van der Waals surface area (Å²) in [6, 6.07) is 1.06. The third-order valence-corrected chi connectivity index (χ3v) is 5.03. The van der Waals surface area contributed by atoms with Crippen LogP contribution in [0, 0.1) is 0 Å². The molecule has 0 unspecified atom stereocenters. The lowest BCUT2D eigenvalue weighted by Crippen LogP contribution is -3.14. The van der Waals surface area contributed by atoms with Gasteiger partial charge in [-0.1, -0.05) is 24.3 Å². The minimum atomic E-state index is 0.531. The normalized spacial score (nSPS) is 24.1. The lowest BCUT2D eigenvalue weighted by Gasteiger charge is -2.25. The van der Waals surface area contributed by atoms with E-state index >= 15 is 0 Å². The van der Waals surface area contributed by atoms with Gasteiger partial charge in [0.15, 0.2) is 0 Å². The van der Waals surface area contributed by atoms with Gasteiger partial charge in [0.2, 0.25) is 0 Å². The van der Waals surface area contributed by atoms with Crippen molar-refractivity contribution in [3.63, 3.8) is 0 Å². The number of nitrogens with one attached hydrogen (secondary N) is 2. The first kappa shape index (κ1) is 17.0. The van der Waals surface area contributed by atoms with Crippen LogP contribution in [0.25, 0.3) is 0 Å². The molecular weight excluding hydrogens is 268 g/mol. The molecule has 120 valence electrons. The van der Waals surface area contributed by atoms with Crippen molar-refractivity contribution >= 4 is 0 Å². The van der Waals surface area contributed by atoms with E-state index in [1.165, 1.54) is 37.3 Å². The number of allylic oxidation sites excluding steroid dienone is 6. The highest BCUT2D eigenvalue weighted by atomic mass is 15.1. The SMILES string of the molecule is CC[NH+](CC)C1C=CC(=C2C=CC([NH+](CC)CC)C=C2)C=C1. The van der Waals surface area contributed by atoms with Crippen LogP contribution in [0.5, 0.6) is 0 Å². The largest absolute Gasteiger partial charge is 0.326 e. The van der Waals surface area contributed by atoms with Crippen molar-refractivity contribution in [3.05, 3.63) is 59.8 Å². The molecule has 0 radical (unpaired) electrons. The molecule has 0 saturated heterocycles. The number of rotatable bonds is 6. The first-order chi connectivity index (χ1) is 10.7. The van der Waals surface area contributed by atoms with Gasteiger partial charge < -0.3 is 9.80 Å². The summed E-state index contributed by atoms with van der Waals surface area (Å²) in [7, 11) is 0. The molecule has 0 aromatic carbocycles. The molecule has 2 rings (SSSR count). The van der Waals surface area contributed by atoms with Gasteiger partial charge in [-0.2, -0.15) is 0 Å². The molecule has 2 heteroatoms. The fourth-order valence-corrected chi connectivity index (χ4v) is 3.44. The summed E-state index contributed by atoms with van der Waals surface area (Å²) in [6.07, 6.45) is 18.6. The van der Waals surface area contributed by atoms with Crippen molar-refractivity contribution in [2.24, 2.45) is 0 Å². The van der Waals surface area contributed by atoms with Gasteiger partial charge in [0.25, 0.3) is 0 Å². The summed E-state index contributed by atoms with van der Waals surface area (Å²) in [5.74, 6) is 0. The Morgan fingerprint density at radius 2 is 0.864 bits per heavy atom. The first-order valence-electron chi connectivity index (χ1n) is 8.89. The van der Waals surface area contributed by atoms with Gasteiger partial charge in [0.1, 0.15) is 12.1 Å². The number of hydrogen-bond donors (Lipinski definition) is 2. The molecule has 2 aliphatic rings. The summed E-state index contributed by atoms with van der Waals surface area (Å²) in [4.78, 5) is 3.24. The zero-order chi connectivity index (χ0) is 15.9. The van der Waals surface area contributed by atoms with Crippen LogP contribution in [0.1, 0.15) is 27.7 Å². The van der Waals surface area contributed by atoms with E-state index in [-0.39, 0.29) is 0 Å². The van der Waals surface area contributed by atoms with Gasteiger partial charge >= 0.3 is 0 Å². The van der Waals surface area contributed by atoms with Gasteiger partial charge in [0.05, 0.1) is 26.2 Å². The fourth-order valence-electron chi connectivity index (χ4n) is 3.44. The van der Waals surface area contributed by atoms with Gasteiger partial charge in [-0.15, -0.1) is 0 Å². The van der Waals surface area contributed by atoms with Crippen molar-refractivity contribution in [2.75, 3.05) is 26.2 Å². The standard InChI is InChI=1S/C20H30N2/c1-5-21(6-2)19-13-9-17(10-14-19)18-11-15-20(16-12-18)22(7-3)8-4/h9-16,19-20H,5-8H2,1-4H3/p+2. The molecule has 0 heterocycles. The number of likely N-dealkylation sites (N-methyl/N-ethyl adjacent to an activating group) is 2. The molecule has 0 atom stereocenters. The maximum Gasteiger partial charge on any atom is 0.125 e. The van der Waals surface area contributed by atoms with E-state index in [1.54, 1.807) is 9.80 Å². The second-order valence-corrected chi connectivity index (χ2v) is 6.13. The molecule has 0 amide bonds. The predicted molar refractivity (Wildman–Crippen MR) is 95.3 cm³/mol. The molecule has 0 aliphatic heterocycles. The average Bonchev–Trinajstić information content (AvgIpc) is 2.58. The van der Waals surface area contributed by atoms with Crippen molar-refractivity contribution in [1.82, 2.24) is 0 Å². The van der Waals surface area contributed by atoms with E-state index in [9.17, 15) is 0 Å². The lowest BCUT2D eigenvalue weighted by molar-refractivity contribution is -0.908. The highest BCUT2D eigenvalue weighted by Crippen LogP contribution is 2.18. The zero-order valence-corrected chi connectivity index (χ0v) is 14.6. The molecule has 0 saturated carbocycles. The second kappa shape index (κ2) is 8.30. The Morgan fingerprint density at radius 1 is 0.591 bits per heavy atom. The highest BCUT2D eigenvalue weighted by molar-refractivity contribution is 5.50. The average molecular weight is 300 g/mol. The van der Waals surface area contributed by atoms with Crippen molar-refractivity contribution < 1.29 is 9.80 Å². The Bertz CT molecular complexity index is 422. The molecule has 2 N–H and O–H groups in total. The minimum Gasteiger partial charge on any atom is -0.326 e. The van der Waals surface area contributed by atoms with Gasteiger partial charge in [-0.05, 0) is 63.1 Å². The maximum absolute atomic E-state index is 2.36. The van der Waals surface area contributed by atoms with Gasteiger partial charge in [-0.25, -0.2) is 0 Å². The Morgan fingerprint density at radius 3 is 1.09 bits per heavy atom. The molecule has 0 spiro atoms. The van der Waals surface area contributed by atoms with Crippen LogP contribution in [-0.4, -0.2) is 38.3 Å². The summed E-state index contributed by atoms with van der Waals surface area (Å²) in [5.41, 5.74) is 2.67. The van der Waals surface area contributed by atoms with Crippen molar-refractivity contribution in [1.29, 1.82) is 0 Å². The fraction of sp³-hybridized carbons (Fsp3) is 0.500. The quantitative estimate of drug-likeness (QED) is 0.727. The Balaban J connectivity index is 2.07. The molecule has 2 aliphatic carbocycles. The third kappa shape index (κ3) is 3.88. The topological polar surface area (TPSA) is 8.88 Å². The van der Waals surface area contributed by atoms with Crippen LogP contribution in [0.2, 0.25) is 0 Å². The summed E-state index contributed by atoms with van der Waals surface area (Å²) in [5, 5.41) is 0. The monoisotopic (exact) mass is 300 g/mol.